The Morgan fingerprint density at radius 3 is 2.83 bits per heavy atom. The summed E-state index contributed by atoms with van der Waals surface area (Å²) in [5.74, 6) is 0.951. The summed E-state index contributed by atoms with van der Waals surface area (Å²) in [6.45, 7) is 7.94. The van der Waals surface area contributed by atoms with Gasteiger partial charge in [-0.3, -0.25) is 9.69 Å². The Balaban J connectivity index is 1.75. The van der Waals surface area contributed by atoms with E-state index in [1.54, 1.807) is 6.08 Å². The van der Waals surface area contributed by atoms with Crippen LogP contribution in [0.15, 0.2) is 12.7 Å². The molecule has 1 saturated heterocycles. The number of nitrogens with one attached hydrogen (secondary N) is 2. The number of hydrogen-bond acceptors (Lipinski definition) is 3. The molecule has 1 amide bonds. The SMILES string of the molecule is C=CCNC(=O)CN(CC1CC1)CC1CCCN1. The summed E-state index contributed by atoms with van der Waals surface area (Å²) >= 11 is 0. The molecule has 1 atom stereocenters. The molecule has 2 rings (SSSR count). The van der Waals surface area contributed by atoms with E-state index in [-0.39, 0.29) is 5.91 Å². The normalized spacial score (nSPS) is 23.3. The van der Waals surface area contributed by atoms with Crippen LogP contribution in [-0.4, -0.2) is 49.6 Å². The van der Waals surface area contributed by atoms with Gasteiger partial charge in [0.1, 0.15) is 0 Å². The van der Waals surface area contributed by atoms with Gasteiger partial charge in [-0.05, 0) is 38.1 Å². The summed E-state index contributed by atoms with van der Waals surface area (Å²) in [4.78, 5) is 14.1. The molecule has 1 aliphatic carbocycles. The predicted octanol–water partition coefficient (Wildman–Crippen LogP) is 0.753. The first-order chi connectivity index (χ1) is 8.78. The molecule has 1 heterocycles. The van der Waals surface area contributed by atoms with Gasteiger partial charge in [-0.2, -0.15) is 0 Å². The van der Waals surface area contributed by atoms with Gasteiger partial charge in [0.2, 0.25) is 5.91 Å². The fraction of sp³-hybridized carbons (Fsp3) is 0.786. The van der Waals surface area contributed by atoms with Crippen LogP contribution in [0.5, 0.6) is 0 Å². The van der Waals surface area contributed by atoms with Crippen molar-refractivity contribution in [2.45, 2.75) is 31.7 Å². The van der Waals surface area contributed by atoms with Crippen LogP contribution in [0.2, 0.25) is 0 Å². The molecule has 0 radical (unpaired) electrons. The van der Waals surface area contributed by atoms with E-state index in [1.165, 1.54) is 25.7 Å². The highest BCUT2D eigenvalue weighted by Crippen LogP contribution is 2.29. The fourth-order valence-electron chi connectivity index (χ4n) is 2.54. The van der Waals surface area contributed by atoms with Crippen molar-refractivity contribution in [3.05, 3.63) is 12.7 Å². The van der Waals surface area contributed by atoms with Gasteiger partial charge in [0, 0.05) is 25.7 Å². The smallest absolute Gasteiger partial charge is 0.234 e. The molecule has 0 aromatic rings. The van der Waals surface area contributed by atoms with Crippen LogP contribution in [0.3, 0.4) is 0 Å². The van der Waals surface area contributed by atoms with Crippen LogP contribution < -0.4 is 10.6 Å². The Kier molecular flexibility index (Phi) is 5.20. The van der Waals surface area contributed by atoms with E-state index in [2.05, 4.69) is 22.1 Å². The summed E-state index contributed by atoms with van der Waals surface area (Å²) in [5.41, 5.74) is 0. The minimum atomic E-state index is 0.119. The summed E-state index contributed by atoms with van der Waals surface area (Å²) in [5, 5.41) is 6.37. The number of nitrogens with zero attached hydrogens (tertiary/aromatic N) is 1. The van der Waals surface area contributed by atoms with Crippen molar-refractivity contribution in [2.24, 2.45) is 5.92 Å². The number of rotatable bonds is 8. The lowest BCUT2D eigenvalue weighted by molar-refractivity contribution is -0.122. The Hall–Kier alpha value is -0.870. The second-order valence-corrected chi connectivity index (χ2v) is 5.52. The van der Waals surface area contributed by atoms with Gasteiger partial charge in [-0.15, -0.1) is 6.58 Å². The third kappa shape index (κ3) is 4.78. The molecule has 2 aliphatic rings. The first kappa shape index (κ1) is 13.6. The van der Waals surface area contributed by atoms with E-state index < -0.39 is 0 Å². The molecule has 1 unspecified atom stereocenters. The van der Waals surface area contributed by atoms with Crippen LogP contribution >= 0.6 is 0 Å². The van der Waals surface area contributed by atoms with Crippen LogP contribution in [0, 0.1) is 5.92 Å². The lowest BCUT2D eigenvalue weighted by atomic mass is 10.2. The molecule has 18 heavy (non-hydrogen) atoms. The Morgan fingerprint density at radius 2 is 2.22 bits per heavy atom. The number of carbonyl (C=O) groups excluding carboxylic acids is 1. The van der Waals surface area contributed by atoms with Crippen molar-refractivity contribution in [1.29, 1.82) is 0 Å². The highest BCUT2D eigenvalue weighted by atomic mass is 16.2. The molecule has 4 nitrogen and oxygen atoms in total. The van der Waals surface area contributed by atoms with E-state index in [0.717, 1.165) is 25.6 Å². The maximum Gasteiger partial charge on any atom is 0.234 e. The quantitative estimate of drug-likeness (QED) is 0.626. The fourth-order valence-corrected chi connectivity index (χ4v) is 2.54. The molecule has 102 valence electrons. The van der Waals surface area contributed by atoms with Gasteiger partial charge in [0.05, 0.1) is 6.54 Å². The van der Waals surface area contributed by atoms with Crippen LogP contribution in [0.4, 0.5) is 0 Å². The minimum Gasteiger partial charge on any atom is -0.352 e. The van der Waals surface area contributed by atoms with Gasteiger partial charge in [0.25, 0.3) is 0 Å². The Labute approximate surface area is 110 Å². The Bertz CT molecular complexity index is 283. The van der Waals surface area contributed by atoms with Crippen LogP contribution in [0.1, 0.15) is 25.7 Å². The molecule has 2 fully saturated rings. The van der Waals surface area contributed by atoms with Crippen molar-refractivity contribution in [1.82, 2.24) is 15.5 Å². The average Bonchev–Trinajstić information content (AvgIpc) is 3.01. The molecule has 0 aromatic carbocycles. The third-order valence-corrected chi connectivity index (χ3v) is 3.67. The maximum atomic E-state index is 11.8. The first-order valence-corrected chi connectivity index (χ1v) is 7.11. The van der Waals surface area contributed by atoms with Crippen molar-refractivity contribution in [3.8, 4) is 0 Å². The lowest BCUT2D eigenvalue weighted by Gasteiger charge is -2.25. The van der Waals surface area contributed by atoms with Gasteiger partial charge < -0.3 is 10.6 Å². The van der Waals surface area contributed by atoms with E-state index in [9.17, 15) is 4.79 Å². The highest BCUT2D eigenvalue weighted by molar-refractivity contribution is 5.78. The molecule has 2 N–H and O–H groups in total. The molecule has 0 spiro atoms. The molecular weight excluding hydrogens is 226 g/mol. The van der Waals surface area contributed by atoms with Gasteiger partial charge >= 0.3 is 0 Å². The largest absolute Gasteiger partial charge is 0.352 e. The second-order valence-electron chi connectivity index (χ2n) is 5.52. The molecule has 1 aliphatic heterocycles. The highest BCUT2D eigenvalue weighted by Gasteiger charge is 2.27. The van der Waals surface area contributed by atoms with Gasteiger partial charge in [-0.1, -0.05) is 6.08 Å². The topological polar surface area (TPSA) is 44.4 Å². The van der Waals surface area contributed by atoms with Crippen molar-refractivity contribution >= 4 is 5.91 Å². The first-order valence-electron chi connectivity index (χ1n) is 7.11. The van der Waals surface area contributed by atoms with E-state index in [4.69, 9.17) is 0 Å². The summed E-state index contributed by atoms with van der Waals surface area (Å²) < 4.78 is 0. The molecule has 4 heteroatoms. The number of carbonyl (C=O) groups is 1. The van der Waals surface area contributed by atoms with E-state index >= 15 is 0 Å². The van der Waals surface area contributed by atoms with E-state index in [0.29, 0.717) is 19.1 Å². The molecular formula is C14H25N3O. The van der Waals surface area contributed by atoms with Crippen molar-refractivity contribution in [2.75, 3.05) is 32.7 Å². The van der Waals surface area contributed by atoms with Crippen LogP contribution in [-0.2, 0) is 4.79 Å². The molecule has 1 saturated carbocycles. The maximum absolute atomic E-state index is 11.8. The molecule has 0 aromatic heterocycles. The number of hydrogen-bond donors (Lipinski definition) is 2. The van der Waals surface area contributed by atoms with Gasteiger partial charge in [0.15, 0.2) is 0 Å². The summed E-state index contributed by atoms with van der Waals surface area (Å²) in [6.07, 6.45) is 6.91. The second kappa shape index (κ2) is 6.90. The third-order valence-electron chi connectivity index (χ3n) is 3.67. The average molecular weight is 251 g/mol. The summed E-state index contributed by atoms with van der Waals surface area (Å²) in [7, 11) is 0. The van der Waals surface area contributed by atoms with Crippen LogP contribution in [0.25, 0.3) is 0 Å². The summed E-state index contributed by atoms with van der Waals surface area (Å²) in [6, 6.07) is 0.580. The number of amides is 1. The predicted molar refractivity (Wildman–Crippen MR) is 73.4 cm³/mol. The zero-order valence-corrected chi connectivity index (χ0v) is 11.2. The van der Waals surface area contributed by atoms with E-state index in [1.807, 2.05) is 0 Å². The Morgan fingerprint density at radius 1 is 1.39 bits per heavy atom. The zero-order valence-electron chi connectivity index (χ0n) is 11.2. The standard InChI is InChI=1S/C14H25N3O/c1-2-7-16-14(18)11-17(9-12-5-6-12)10-13-4-3-8-15-13/h2,12-13,15H,1,3-11H2,(H,16,18). The van der Waals surface area contributed by atoms with Crippen molar-refractivity contribution in [3.63, 3.8) is 0 Å². The zero-order chi connectivity index (χ0) is 12.8. The van der Waals surface area contributed by atoms with Crippen molar-refractivity contribution < 1.29 is 4.79 Å². The lowest BCUT2D eigenvalue weighted by Crippen LogP contribution is -2.44. The minimum absolute atomic E-state index is 0.119. The van der Waals surface area contributed by atoms with Gasteiger partial charge in [-0.25, -0.2) is 0 Å². The monoisotopic (exact) mass is 251 g/mol. The molecule has 0 bridgehead atoms.